The molecular formula is C18H11F4NO3. The molecule has 0 fully saturated rings. The molecule has 0 unspecified atom stereocenters. The maximum absolute atomic E-state index is 14.1. The van der Waals surface area contributed by atoms with Crippen LogP contribution in [-0.4, -0.2) is 17.7 Å². The van der Waals surface area contributed by atoms with E-state index < -0.39 is 29.2 Å². The number of halogens is 4. The molecule has 1 heterocycles. The zero-order valence-electron chi connectivity index (χ0n) is 13.4. The average molecular weight is 365 g/mol. The highest BCUT2D eigenvalue weighted by Crippen LogP contribution is 2.35. The van der Waals surface area contributed by atoms with E-state index in [1.807, 2.05) is 0 Å². The van der Waals surface area contributed by atoms with Crippen LogP contribution in [0, 0.1) is 23.3 Å². The van der Waals surface area contributed by atoms with E-state index in [1.54, 1.807) is 6.92 Å². The summed E-state index contributed by atoms with van der Waals surface area (Å²) in [5.74, 6) is -4.93. The van der Waals surface area contributed by atoms with E-state index in [-0.39, 0.29) is 34.8 Å². The minimum Gasteiger partial charge on any atom is -0.462 e. The fourth-order valence-electron chi connectivity index (χ4n) is 2.41. The van der Waals surface area contributed by atoms with Crippen molar-refractivity contribution in [3.8, 4) is 22.6 Å². The van der Waals surface area contributed by atoms with Gasteiger partial charge in [-0.2, -0.15) is 0 Å². The first-order valence-corrected chi connectivity index (χ1v) is 7.50. The molecule has 8 heteroatoms. The molecule has 0 saturated carbocycles. The number of carbonyl (C=O) groups is 1. The van der Waals surface area contributed by atoms with Crippen molar-refractivity contribution in [2.75, 3.05) is 6.61 Å². The number of nitrogens with zero attached hydrogens (tertiary/aromatic N) is 1. The summed E-state index contributed by atoms with van der Waals surface area (Å²) < 4.78 is 64.4. The molecule has 0 amide bonds. The van der Waals surface area contributed by atoms with Crippen molar-refractivity contribution in [2.24, 2.45) is 0 Å². The number of carbonyl (C=O) groups excluding carboxylic acids is 1. The van der Waals surface area contributed by atoms with Crippen LogP contribution < -0.4 is 0 Å². The van der Waals surface area contributed by atoms with Gasteiger partial charge in [0.25, 0.3) is 0 Å². The zero-order chi connectivity index (χ0) is 18.8. The Kier molecular flexibility index (Phi) is 4.75. The van der Waals surface area contributed by atoms with Gasteiger partial charge in [0.05, 0.1) is 12.2 Å². The van der Waals surface area contributed by atoms with Crippen molar-refractivity contribution >= 4 is 5.97 Å². The predicted octanol–water partition coefficient (Wildman–Crippen LogP) is 4.74. The second-order valence-electron chi connectivity index (χ2n) is 5.20. The van der Waals surface area contributed by atoms with Gasteiger partial charge in [0, 0.05) is 17.7 Å². The van der Waals surface area contributed by atoms with Crippen molar-refractivity contribution in [1.82, 2.24) is 5.16 Å². The van der Waals surface area contributed by atoms with Crippen LogP contribution in [0.2, 0.25) is 0 Å². The molecule has 2 aromatic carbocycles. The molecule has 0 N–H and O–H groups in total. The lowest BCUT2D eigenvalue weighted by Crippen LogP contribution is -2.07. The minimum atomic E-state index is -1.00. The van der Waals surface area contributed by atoms with E-state index in [2.05, 4.69) is 5.16 Å². The summed E-state index contributed by atoms with van der Waals surface area (Å²) in [6, 6.07) is 5.27. The second kappa shape index (κ2) is 6.99. The summed E-state index contributed by atoms with van der Waals surface area (Å²) in [4.78, 5) is 12.3. The van der Waals surface area contributed by atoms with Gasteiger partial charge in [-0.3, -0.25) is 0 Å². The molecule has 0 spiro atoms. The van der Waals surface area contributed by atoms with Crippen molar-refractivity contribution in [2.45, 2.75) is 6.92 Å². The predicted molar refractivity (Wildman–Crippen MR) is 83.2 cm³/mol. The molecule has 1 aromatic heterocycles. The van der Waals surface area contributed by atoms with Crippen LogP contribution in [0.5, 0.6) is 0 Å². The van der Waals surface area contributed by atoms with Gasteiger partial charge in [0.1, 0.15) is 34.5 Å². The molecule has 0 aliphatic heterocycles. The van der Waals surface area contributed by atoms with Crippen LogP contribution in [0.3, 0.4) is 0 Å². The molecule has 0 bridgehead atoms. The molecule has 3 aromatic rings. The molecule has 0 atom stereocenters. The van der Waals surface area contributed by atoms with E-state index in [0.29, 0.717) is 12.1 Å². The lowest BCUT2D eigenvalue weighted by Gasteiger charge is -2.06. The van der Waals surface area contributed by atoms with Crippen LogP contribution in [-0.2, 0) is 4.74 Å². The molecule has 0 aliphatic carbocycles. The van der Waals surface area contributed by atoms with Crippen molar-refractivity contribution in [3.05, 3.63) is 65.2 Å². The molecule has 4 nitrogen and oxygen atoms in total. The largest absolute Gasteiger partial charge is 0.462 e. The van der Waals surface area contributed by atoms with Crippen LogP contribution in [0.25, 0.3) is 22.6 Å². The summed E-state index contributed by atoms with van der Waals surface area (Å²) in [6.07, 6.45) is 0. The Morgan fingerprint density at radius 1 is 1.00 bits per heavy atom. The van der Waals surface area contributed by atoms with Crippen molar-refractivity contribution in [1.29, 1.82) is 0 Å². The number of hydrogen-bond donors (Lipinski definition) is 0. The van der Waals surface area contributed by atoms with Gasteiger partial charge in [-0.15, -0.1) is 0 Å². The smallest absolute Gasteiger partial charge is 0.344 e. The van der Waals surface area contributed by atoms with Gasteiger partial charge < -0.3 is 9.26 Å². The lowest BCUT2D eigenvalue weighted by molar-refractivity contribution is 0.0527. The molecular weight excluding hydrogens is 354 g/mol. The highest BCUT2D eigenvalue weighted by atomic mass is 19.1. The number of ether oxygens (including phenoxy) is 1. The maximum atomic E-state index is 14.1. The van der Waals surface area contributed by atoms with E-state index >= 15 is 0 Å². The third-order valence-electron chi connectivity index (χ3n) is 3.53. The highest BCUT2D eigenvalue weighted by Gasteiger charge is 2.29. The highest BCUT2D eigenvalue weighted by molar-refractivity contribution is 6.01. The quantitative estimate of drug-likeness (QED) is 0.495. The summed E-state index contributed by atoms with van der Waals surface area (Å²) in [7, 11) is 0. The Morgan fingerprint density at radius 3 is 2.12 bits per heavy atom. The fourth-order valence-corrected chi connectivity index (χ4v) is 2.41. The molecule has 26 heavy (non-hydrogen) atoms. The van der Waals surface area contributed by atoms with Crippen molar-refractivity contribution in [3.63, 3.8) is 0 Å². The third-order valence-corrected chi connectivity index (χ3v) is 3.53. The van der Waals surface area contributed by atoms with Crippen LogP contribution in [0.4, 0.5) is 17.6 Å². The Balaban J connectivity index is 2.23. The number of benzene rings is 2. The van der Waals surface area contributed by atoms with Crippen LogP contribution in [0.15, 0.2) is 40.9 Å². The molecule has 134 valence electrons. The molecule has 3 rings (SSSR count). The summed E-state index contributed by atoms with van der Waals surface area (Å²) in [6.45, 7) is 1.53. The molecule has 0 saturated heterocycles. The minimum absolute atomic E-state index is 0.0132. The summed E-state index contributed by atoms with van der Waals surface area (Å²) in [5.41, 5.74) is -1.11. The van der Waals surface area contributed by atoms with Gasteiger partial charge in [0.15, 0.2) is 5.76 Å². The van der Waals surface area contributed by atoms with Gasteiger partial charge in [0.2, 0.25) is 0 Å². The molecule has 0 aliphatic rings. The monoisotopic (exact) mass is 365 g/mol. The van der Waals surface area contributed by atoms with Gasteiger partial charge in [-0.05, 0) is 31.2 Å². The van der Waals surface area contributed by atoms with E-state index in [1.165, 1.54) is 0 Å². The zero-order valence-corrected chi connectivity index (χ0v) is 13.4. The first-order chi connectivity index (χ1) is 12.4. The fraction of sp³-hybridized carbons (Fsp3) is 0.111. The van der Waals surface area contributed by atoms with Crippen LogP contribution in [0.1, 0.15) is 17.3 Å². The van der Waals surface area contributed by atoms with Crippen molar-refractivity contribution < 1.29 is 31.6 Å². The van der Waals surface area contributed by atoms with Gasteiger partial charge in [-0.25, -0.2) is 22.4 Å². The summed E-state index contributed by atoms with van der Waals surface area (Å²) >= 11 is 0. The number of rotatable bonds is 4. The second-order valence-corrected chi connectivity index (χ2v) is 5.20. The van der Waals surface area contributed by atoms with Crippen LogP contribution >= 0.6 is 0 Å². The van der Waals surface area contributed by atoms with Gasteiger partial charge in [-0.1, -0.05) is 5.16 Å². The first-order valence-electron chi connectivity index (χ1n) is 7.50. The lowest BCUT2D eigenvalue weighted by atomic mass is 10.0. The van der Waals surface area contributed by atoms with E-state index in [9.17, 15) is 22.4 Å². The Hall–Kier alpha value is -3.16. The number of esters is 1. The molecule has 0 radical (unpaired) electrons. The maximum Gasteiger partial charge on any atom is 0.344 e. The Labute approximate surface area is 145 Å². The van der Waals surface area contributed by atoms with Gasteiger partial charge >= 0.3 is 5.97 Å². The SMILES string of the molecule is CCOC(=O)c1c(-c2ccc(F)cc2F)noc1-c1ccc(F)cc1F. The first kappa shape index (κ1) is 17.7. The normalized spacial score (nSPS) is 10.8. The average Bonchev–Trinajstić information content (AvgIpc) is 2.99. The topological polar surface area (TPSA) is 52.3 Å². The third kappa shape index (κ3) is 3.17. The number of aromatic nitrogens is 1. The Bertz CT molecular complexity index is 916. The Morgan fingerprint density at radius 2 is 1.58 bits per heavy atom. The van der Waals surface area contributed by atoms with E-state index in [0.717, 1.165) is 24.3 Å². The number of hydrogen-bond acceptors (Lipinski definition) is 4. The standard InChI is InChI=1S/C18H11F4NO3/c1-2-25-18(24)15-16(11-5-3-9(19)7-13(11)21)23-26-17(15)12-6-4-10(20)8-14(12)22/h3-8H,2H2,1H3. The summed E-state index contributed by atoms with van der Waals surface area (Å²) in [5, 5.41) is 3.62. The van der Waals surface area contributed by atoms with E-state index in [4.69, 9.17) is 9.26 Å².